The fourth-order valence-electron chi connectivity index (χ4n) is 4.42. The molecule has 11 heteroatoms. The lowest BCUT2D eigenvalue weighted by molar-refractivity contribution is -0.151. The molecule has 10 nitrogen and oxygen atoms in total. The second-order valence-corrected chi connectivity index (χ2v) is 9.13. The van der Waals surface area contributed by atoms with Crippen LogP contribution in [0.5, 0.6) is 0 Å². The van der Waals surface area contributed by atoms with Crippen molar-refractivity contribution in [2.24, 2.45) is 15.4 Å². The molecule has 0 bridgehead atoms. The lowest BCUT2D eigenvalue weighted by Gasteiger charge is -2.32. The van der Waals surface area contributed by atoms with Gasteiger partial charge < -0.3 is 19.1 Å². The molecule has 3 aliphatic rings. The molecule has 1 atom stereocenters. The molecule has 2 aromatic rings. The van der Waals surface area contributed by atoms with Crippen molar-refractivity contribution in [1.29, 1.82) is 0 Å². The second kappa shape index (κ2) is 9.36. The van der Waals surface area contributed by atoms with Gasteiger partial charge in [-0.3, -0.25) is 10.1 Å². The van der Waals surface area contributed by atoms with Gasteiger partial charge in [0.05, 0.1) is 17.1 Å². The van der Waals surface area contributed by atoms with Gasteiger partial charge in [-0.25, -0.2) is 14.8 Å². The molecule has 1 amide bonds. The maximum atomic E-state index is 12.6. The third-order valence-electron chi connectivity index (χ3n) is 6.49. The summed E-state index contributed by atoms with van der Waals surface area (Å²) in [5, 5.41) is 17.1. The number of amides is 1. The predicted octanol–water partition coefficient (Wildman–Crippen LogP) is 4.96. The molecule has 1 fully saturated rings. The molecular formula is C25H23ClN4O6. The van der Waals surface area contributed by atoms with Crippen LogP contribution in [0.3, 0.4) is 0 Å². The molecule has 0 radical (unpaired) electrons. The van der Waals surface area contributed by atoms with E-state index >= 15 is 0 Å². The first-order chi connectivity index (χ1) is 17.3. The van der Waals surface area contributed by atoms with Gasteiger partial charge in [0.1, 0.15) is 28.6 Å². The molecule has 0 spiro atoms. The van der Waals surface area contributed by atoms with E-state index in [1.54, 1.807) is 44.2 Å². The standard InChI is InChI=1S/C25H23ClN4O6/c1-13-21(29-24(33)35-14(2)15-5-3-4-6-16(15)26)22(36-30-13)19-11-17-18(27-19)12-20(28-17)25(23(31)32)7-9-34-10-8-25/h3-6,11-12,14H,7-10H2,1-2H3,(H,29,33)(H,31,32). The number of hydrogen-bond acceptors (Lipinski definition) is 8. The molecule has 186 valence electrons. The van der Waals surface area contributed by atoms with Crippen molar-refractivity contribution < 1.29 is 28.7 Å². The Morgan fingerprint density at radius 2 is 1.89 bits per heavy atom. The van der Waals surface area contributed by atoms with Gasteiger partial charge in [0.25, 0.3) is 0 Å². The minimum atomic E-state index is -1.09. The molecule has 0 aliphatic carbocycles. The Kier molecular flexibility index (Phi) is 6.23. The van der Waals surface area contributed by atoms with Crippen molar-refractivity contribution in [3.63, 3.8) is 0 Å². The van der Waals surface area contributed by atoms with Crippen LogP contribution in [0, 0.1) is 12.3 Å². The summed E-state index contributed by atoms with van der Waals surface area (Å²) in [7, 11) is 0. The third kappa shape index (κ3) is 4.22. The zero-order valence-corrected chi connectivity index (χ0v) is 20.3. The van der Waals surface area contributed by atoms with E-state index in [4.69, 9.17) is 25.6 Å². The lowest BCUT2D eigenvalue weighted by atomic mass is 9.77. The number of nitrogens with zero attached hydrogens (tertiary/aromatic N) is 3. The number of anilines is 1. The van der Waals surface area contributed by atoms with E-state index in [-0.39, 0.29) is 5.76 Å². The number of carbonyl (C=O) groups is 2. The lowest BCUT2D eigenvalue weighted by Crippen LogP contribution is -2.38. The molecule has 3 aliphatic heterocycles. The van der Waals surface area contributed by atoms with Crippen molar-refractivity contribution in [2.75, 3.05) is 18.5 Å². The van der Waals surface area contributed by atoms with Crippen LogP contribution in [0.2, 0.25) is 5.02 Å². The zero-order chi connectivity index (χ0) is 25.4. The van der Waals surface area contributed by atoms with Crippen molar-refractivity contribution in [3.8, 4) is 0 Å². The van der Waals surface area contributed by atoms with Crippen molar-refractivity contribution in [1.82, 2.24) is 5.16 Å². The molecule has 36 heavy (non-hydrogen) atoms. The van der Waals surface area contributed by atoms with Crippen LogP contribution >= 0.6 is 11.6 Å². The minimum Gasteiger partial charge on any atom is -0.481 e. The molecule has 4 heterocycles. The Bertz CT molecular complexity index is 1370. The molecule has 1 aromatic carbocycles. The van der Waals surface area contributed by atoms with Gasteiger partial charge in [0.2, 0.25) is 5.76 Å². The summed E-state index contributed by atoms with van der Waals surface area (Å²) in [5.74, 6) is -0.679. The van der Waals surface area contributed by atoms with E-state index in [2.05, 4.69) is 20.5 Å². The van der Waals surface area contributed by atoms with E-state index in [1.807, 2.05) is 6.07 Å². The highest BCUT2D eigenvalue weighted by molar-refractivity contribution is 6.55. The Balaban J connectivity index is 1.34. The quantitative estimate of drug-likeness (QED) is 0.560. The van der Waals surface area contributed by atoms with Crippen LogP contribution < -0.4 is 5.32 Å². The van der Waals surface area contributed by atoms with E-state index < -0.39 is 23.6 Å². The molecule has 1 saturated heterocycles. The fraction of sp³-hybridized carbons (Fsp3) is 0.320. The van der Waals surface area contributed by atoms with E-state index in [1.165, 1.54) is 0 Å². The third-order valence-corrected chi connectivity index (χ3v) is 6.83. The number of ether oxygens (including phenoxy) is 2. The smallest absolute Gasteiger partial charge is 0.412 e. The van der Waals surface area contributed by atoms with Gasteiger partial charge in [-0.1, -0.05) is 35.0 Å². The van der Waals surface area contributed by atoms with Crippen LogP contribution in [-0.2, 0) is 14.3 Å². The summed E-state index contributed by atoms with van der Waals surface area (Å²) in [5.41, 5.74) is 2.28. The minimum absolute atomic E-state index is 0.244. The van der Waals surface area contributed by atoms with E-state index in [0.717, 1.165) is 0 Å². The first kappa shape index (κ1) is 24.0. The molecular weight excluding hydrogens is 488 g/mol. The maximum absolute atomic E-state index is 12.6. The number of aliphatic carboxylic acids is 1. The number of aryl methyl sites for hydroxylation is 1. The summed E-state index contributed by atoms with van der Waals surface area (Å²) >= 11 is 6.20. The number of fused-ring (bicyclic) bond motifs is 1. The number of carboxylic acids is 1. The summed E-state index contributed by atoms with van der Waals surface area (Å²) in [6, 6.07) is 7.12. The predicted molar refractivity (Wildman–Crippen MR) is 132 cm³/mol. The van der Waals surface area contributed by atoms with Crippen molar-refractivity contribution >= 4 is 46.5 Å². The number of nitrogens with one attached hydrogen (secondary N) is 1. The summed E-state index contributed by atoms with van der Waals surface area (Å²) < 4.78 is 16.3. The fourth-order valence-corrected chi connectivity index (χ4v) is 4.71. The largest absolute Gasteiger partial charge is 0.481 e. The van der Waals surface area contributed by atoms with Crippen LogP contribution in [-0.4, -0.2) is 47.0 Å². The van der Waals surface area contributed by atoms with Gasteiger partial charge in [0, 0.05) is 23.8 Å². The van der Waals surface area contributed by atoms with E-state index in [0.29, 0.717) is 70.8 Å². The van der Waals surface area contributed by atoms with Crippen LogP contribution in [0.25, 0.3) is 5.70 Å². The first-order valence-electron chi connectivity index (χ1n) is 11.4. The topological polar surface area (TPSA) is 136 Å². The average molecular weight is 511 g/mol. The summed E-state index contributed by atoms with van der Waals surface area (Å²) in [4.78, 5) is 33.9. The average Bonchev–Trinajstić information content (AvgIpc) is 3.53. The Morgan fingerprint density at radius 3 is 2.58 bits per heavy atom. The van der Waals surface area contributed by atoms with Gasteiger partial charge in [-0.15, -0.1) is 0 Å². The van der Waals surface area contributed by atoms with Crippen LogP contribution in [0.15, 0.2) is 56.6 Å². The molecule has 1 unspecified atom stereocenters. The Hall–Kier alpha value is -3.76. The highest BCUT2D eigenvalue weighted by atomic mass is 35.5. The van der Waals surface area contributed by atoms with E-state index in [9.17, 15) is 14.7 Å². The number of rotatable bonds is 6. The summed E-state index contributed by atoms with van der Waals surface area (Å²) in [6.45, 7) is 4.12. The number of carbonyl (C=O) groups excluding carboxylic acids is 1. The summed E-state index contributed by atoms with van der Waals surface area (Å²) in [6.07, 6.45) is 2.77. The normalized spacial score (nSPS) is 19.0. The van der Waals surface area contributed by atoms with Gasteiger partial charge >= 0.3 is 12.1 Å². The van der Waals surface area contributed by atoms with Gasteiger partial charge in [-0.05, 0) is 44.9 Å². The number of benzene rings is 1. The highest BCUT2D eigenvalue weighted by Crippen LogP contribution is 2.42. The van der Waals surface area contributed by atoms with Gasteiger partial charge in [0.15, 0.2) is 0 Å². The van der Waals surface area contributed by atoms with Crippen molar-refractivity contribution in [2.45, 2.75) is 32.8 Å². The second-order valence-electron chi connectivity index (χ2n) is 8.72. The monoisotopic (exact) mass is 510 g/mol. The molecule has 5 rings (SSSR count). The van der Waals surface area contributed by atoms with Crippen LogP contribution in [0.1, 0.15) is 42.9 Å². The number of halogens is 1. The number of allylic oxidation sites excluding steroid dienone is 2. The molecule has 1 aromatic heterocycles. The number of carboxylic acid groups (broad SMARTS) is 1. The number of aliphatic imine (C=N–C) groups is 2. The SMILES string of the molecule is Cc1noc(C2=CC3=NC(C4(C(=O)O)CCOCC4)=CC3=N2)c1NC(=O)OC(C)c1ccccc1Cl. The zero-order valence-electron chi connectivity index (χ0n) is 19.6. The molecule has 0 saturated carbocycles. The van der Waals surface area contributed by atoms with Crippen LogP contribution in [0.4, 0.5) is 10.5 Å². The Labute approximate surface area is 211 Å². The number of aromatic nitrogens is 1. The Morgan fingerprint density at radius 1 is 1.17 bits per heavy atom. The van der Waals surface area contributed by atoms with Gasteiger partial charge in [-0.2, -0.15) is 0 Å². The number of hydrogen-bond donors (Lipinski definition) is 2. The maximum Gasteiger partial charge on any atom is 0.412 e. The van der Waals surface area contributed by atoms with Crippen molar-refractivity contribution in [3.05, 3.63) is 64.2 Å². The highest BCUT2D eigenvalue weighted by Gasteiger charge is 2.46. The molecule has 2 N–H and O–H groups in total. The first-order valence-corrected chi connectivity index (χ1v) is 11.8.